The highest BCUT2D eigenvalue weighted by molar-refractivity contribution is 5.85. The van der Waals surface area contributed by atoms with Gasteiger partial charge in [-0.15, -0.1) is 0 Å². The molecule has 2 N–H and O–H groups in total. The lowest BCUT2D eigenvalue weighted by Gasteiger charge is -2.15. The Balaban J connectivity index is 2.25. The molecule has 17 heavy (non-hydrogen) atoms. The van der Waals surface area contributed by atoms with Crippen LogP contribution in [-0.4, -0.2) is 40.6 Å². The maximum atomic E-state index is 11.5. The predicted molar refractivity (Wildman–Crippen MR) is 61.6 cm³/mol. The summed E-state index contributed by atoms with van der Waals surface area (Å²) in [5.41, 5.74) is 5.56. The van der Waals surface area contributed by atoms with E-state index in [1.807, 2.05) is 4.90 Å². The van der Waals surface area contributed by atoms with E-state index in [-0.39, 0.29) is 18.4 Å². The van der Waals surface area contributed by atoms with Crippen molar-refractivity contribution in [2.24, 2.45) is 0 Å². The number of nitrogen functional groups attached to an aromatic ring is 1. The second-order valence-electron chi connectivity index (χ2n) is 3.73. The summed E-state index contributed by atoms with van der Waals surface area (Å²) in [6.45, 7) is 3.77. The van der Waals surface area contributed by atoms with Gasteiger partial charge in [0.15, 0.2) is 0 Å². The Morgan fingerprint density at radius 1 is 1.35 bits per heavy atom. The molecular weight excluding hydrogens is 222 g/mol. The van der Waals surface area contributed by atoms with Crippen molar-refractivity contribution in [1.29, 1.82) is 0 Å². The number of ether oxygens (including phenoxy) is 1. The summed E-state index contributed by atoms with van der Waals surface area (Å²) in [6, 6.07) is 0. The van der Waals surface area contributed by atoms with Crippen molar-refractivity contribution in [2.75, 3.05) is 30.3 Å². The molecule has 7 nitrogen and oxygen atoms in total. The van der Waals surface area contributed by atoms with Gasteiger partial charge in [0.25, 0.3) is 0 Å². The number of hydrogen-bond donors (Lipinski definition) is 1. The van der Waals surface area contributed by atoms with E-state index in [0.717, 1.165) is 25.9 Å². The molecule has 0 radical (unpaired) electrons. The Morgan fingerprint density at radius 3 is 2.71 bits per heavy atom. The second-order valence-corrected chi connectivity index (χ2v) is 3.73. The number of esters is 1. The fraction of sp³-hybridized carbons (Fsp3) is 0.600. The summed E-state index contributed by atoms with van der Waals surface area (Å²) in [4.78, 5) is 25.4. The molecule has 0 aromatic carbocycles. The fourth-order valence-electron chi connectivity index (χ4n) is 1.73. The maximum absolute atomic E-state index is 11.5. The van der Waals surface area contributed by atoms with Gasteiger partial charge in [-0.1, -0.05) is 0 Å². The number of nitrogens with two attached hydrogens (primary N) is 1. The van der Waals surface area contributed by atoms with Gasteiger partial charge >= 0.3 is 5.97 Å². The summed E-state index contributed by atoms with van der Waals surface area (Å²) in [7, 11) is 0. The van der Waals surface area contributed by atoms with Gasteiger partial charge in [-0.25, -0.2) is 4.79 Å². The van der Waals surface area contributed by atoms with Crippen LogP contribution in [-0.2, 0) is 4.74 Å². The Morgan fingerprint density at radius 2 is 2.06 bits per heavy atom. The third kappa shape index (κ3) is 2.61. The van der Waals surface area contributed by atoms with Crippen molar-refractivity contribution in [2.45, 2.75) is 19.8 Å². The molecule has 2 heterocycles. The van der Waals surface area contributed by atoms with E-state index in [2.05, 4.69) is 15.0 Å². The first-order valence-electron chi connectivity index (χ1n) is 5.64. The fourth-order valence-corrected chi connectivity index (χ4v) is 1.73. The van der Waals surface area contributed by atoms with Gasteiger partial charge in [-0.05, 0) is 19.8 Å². The van der Waals surface area contributed by atoms with Crippen molar-refractivity contribution in [3.05, 3.63) is 5.82 Å². The van der Waals surface area contributed by atoms with Crippen LogP contribution in [0, 0.1) is 0 Å². The van der Waals surface area contributed by atoms with Gasteiger partial charge in [0.1, 0.15) is 0 Å². The average molecular weight is 237 g/mol. The number of aromatic nitrogens is 3. The van der Waals surface area contributed by atoms with Crippen LogP contribution >= 0.6 is 0 Å². The minimum atomic E-state index is -0.568. The molecule has 0 amide bonds. The van der Waals surface area contributed by atoms with Gasteiger partial charge in [-0.2, -0.15) is 15.0 Å². The van der Waals surface area contributed by atoms with E-state index in [0.29, 0.717) is 5.95 Å². The average Bonchev–Trinajstić information content (AvgIpc) is 2.82. The number of rotatable bonds is 3. The molecule has 2 rings (SSSR count). The molecule has 0 bridgehead atoms. The molecule has 92 valence electrons. The lowest BCUT2D eigenvalue weighted by molar-refractivity contribution is 0.0512. The van der Waals surface area contributed by atoms with Crippen molar-refractivity contribution in [1.82, 2.24) is 15.0 Å². The number of nitrogens with zero attached hydrogens (tertiary/aromatic N) is 4. The molecule has 0 saturated carbocycles. The van der Waals surface area contributed by atoms with Crippen LogP contribution in [0.2, 0.25) is 0 Å². The molecule has 0 unspecified atom stereocenters. The quantitative estimate of drug-likeness (QED) is 0.752. The van der Waals surface area contributed by atoms with Gasteiger partial charge in [-0.3, -0.25) is 0 Å². The minimum Gasteiger partial charge on any atom is -0.460 e. The summed E-state index contributed by atoms with van der Waals surface area (Å²) < 4.78 is 4.83. The van der Waals surface area contributed by atoms with Crippen LogP contribution in [0.1, 0.15) is 30.4 Å². The topological polar surface area (TPSA) is 94.2 Å². The zero-order valence-corrected chi connectivity index (χ0v) is 9.72. The molecular formula is C10H15N5O2. The highest BCUT2D eigenvalue weighted by Crippen LogP contribution is 2.16. The van der Waals surface area contributed by atoms with E-state index < -0.39 is 5.97 Å². The lowest BCUT2D eigenvalue weighted by Crippen LogP contribution is -2.23. The van der Waals surface area contributed by atoms with Gasteiger partial charge < -0.3 is 15.4 Å². The first kappa shape index (κ1) is 11.6. The standard InChI is InChI=1S/C10H15N5O2/c1-2-17-8(16)7-12-9(11)14-10(13-7)15-5-3-4-6-15/h2-6H2,1H3,(H2,11,12,13,14). The Kier molecular flexibility index (Phi) is 3.36. The third-order valence-electron chi connectivity index (χ3n) is 2.49. The molecule has 1 saturated heterocycles. The van der Waals surface area contributed by atoms with Crippen LogP contribution in [0.15, 0.2) is 0 Å². The SMILES string of the molecule is CCOC(=O)c1nc(N)nc(N2CCCC2)n1. The van der Waals surface area contributed by atoms with E-state index in [4.69, 9.17) is 10.5 Å². The van der Waals surface area contributed by atoms with Crippen molar-refractivity contribution < 1.29 is 9.53 Å². The van der Waals surface area contributed by atoms with Crippen LogP contribution < -0.4 is 10.6 Å². The zero-order chi connectivity index (χ0) is 12.3. The number of anilines is 2. The van der Waals surface area contributed by atoms with Crippen molar-refractivity contribution in [3.63, 3.8) is 0 Å². The molecule has 0 atom stereocenters. The molecule has 1 aromatic heterocycles. The third-order valence-corrected chi connectivity index (χ3v) is 2.49. The summed E-state index contributed by atoms with van der Waals surface area (Å²) >= 11 is 0. The van der Waals surface area contributed by atoms with Crippen LogP contribution in [0.5, 0.6) is 0 Å². The first-order chi connectivity index (χ1) is 8.20. The maximum Gasteiger partial charge on any atom is 0.376 e. The smallest absolute Gasteiger partial charge is 0.376 e. The molecule has 1 fully saturated rings. The summed E-state index contributed by atoms with van der Waals surface area (Å²) in [5, 5.41) is 0. The van der Waals surface area contributed by atoms with E-state index in [1.54, 1.807) is 6.92 Å². The molecule has 0 aliphatic carbocycles. The Bertz CT molecular complexity index is 417. The van der Waals surface area contributed by atoms with Gasteiger partial charge in [0.05, 0.1) is 6.61 Å². The highest BCUT2D eigenvalue weighted by atomic mass is 16.5. The highest BCUT2D eigenvalue weighted by Gasteiger charge is 2.19. The molecule has 1 aromatic rings. The normalized spacial score (nSPS) is 15.0. The van der Waals surface area contributed by atoms with Gasteiger partial charge in [0.2, 0.25) is 17.7 Å². The number of carbonyl (C=O) groups excluding carboxylic acids is 1. The first-order valence-corrected chi connectivity index (χ1v) is 5.64. The minimum absolute atomic E-state index is 0.0266. The van der Waals surface area contributed by atoms with Crippen LogP contribution in [0.25, 0.3) is 0 Å². The predicted octanol–water partition coefficient (Wildman–Crippen LogP) is 0.231. The molecule has 1 aliphatic rings. The lowest BCUT2D eigenvalue weighted by atomic mass is 10.4. The van der Waals surface area contributed by atoms with E-state index >= 15 is 0 Å². The second kappa shape index (κ2) is 4.94. The Labute approximate surface area is 99.0 Å². The Hall–Kier alpha value is -1.92. The summed E-state index contributed by atoms with van der Waals surface area (Å²) in [5.74, 6) is -0.0914. The van der Waals surface area contributed by atoms with Gasteiger partial charge in [0, 0.05) is 13.1 Å². The molecule has 0 spiro atoms. The van der Waals surface area contributed by atoms with Crippen molar-refractivity contribution >= 4 is 17.9 Å². The molecule has 7 heteroatoms. The number of carbonyl (C=O) groups is 1. The van der Waals surface area contributed by atoms with Crippen molar-refractivity contribution in [3.8, 4) is 0 Å². The number of hydrogen-bond acceptors (Lipinski definition) is 7. The monoisotopic (exact) mass is 237 g/mol. The summed E-state index contributed by atoms with van der Waals surface area (Å²) in [6.07, 6.45) is 2.20. The van der Waals surface area contributed by atoms with Crippen LogP contribution in [0.3, 0.4) is 0 Å². The zero-order valence-electron chi connectivity index (χ0n) is 9.72. The van der Waals surface area contributed by atoms with E-state index in [9.17, 15) is 4.79 Å². The molecule has 1 aliphatic heterocycles. The van der Waals surface area contributed by atoms with E-state index in [1.165, 1.54) is 0 Å². The van der Waals surface area contributed by atoms with Crippen LogP contribution in [0.4, 0.5) is 11.9 Å². The largest absolute Gasteiger partial charge is 0.460 e.